The monoisotopic (exact) mass is 174 g/mol. The lowest BCUT2D eigenvalue weighted by molar-refractivity contribution is -0.120. The van der Waals surface area contributed by atoms with Crippen molar-refractivity contribution in [2.75, 3.05) is 0 Å². The molecule has 0 amide bonds. The summed E-state index contributed by atoms with van der Waals surface area (Å²) in [6, 6.07) is 8.32. The standard InChI is InChI=1S/C12H14O/c1-2-12(13)11-8-7-9-5-3-4-6-10(9)11/h3-6,11H,2,7-8H2,1H3/t11-/m0/s1. The Kier molecular flexibility index (Phi) is 2.17. The molecule has 1 nitrogen and oxygen atoms in total. The molecule has 1 aromatic carbocycles. The van der Waals surface area contributed by atoms with Crippen LogP contribution in [0.25, 0.3) is 0 Å². The molecule has 1 aromatic rings. The largest absolute Gasteiger partial charge is 0.299 e. The first-order valence-electron chi connectivity index (χ1n) is 4.93. The maximum atomic E-state index is 11.6. The number of rotatable bonds is 2. The van der Waals surface area contributed by atoms with Crippen molar-refractivity contribution in [3.63, 3.8) is 0 Å². The normalized spacial score (nSPS) is 19.9. The van der Waals surface area contributed by atoms with Crippen LogP contribution < -0.4 is 0 Å². The molecule has 0 radical (unpaired) electrons. The maximum absolute atomic E-state index is 11.6. The zero-order chi connectivity index (χ0) is 9.26. The molecular weight excluding hydrogens is 160 g/mol. The molecular formula is C12H14O. The summed E-state index contributed by atoms with van der Waals surface area (Å²) in [6.45, 7) is 1.95. The van der Waals surface area contributed by atoms with Crippen LogP contribution in [0.2, 0.25) is 0 Å². The summed E-state index contributed by atoms with van der Waals surface area (Å²) >= 11 is 0. The van der Waals surface area contributed by atoms with E-state index >= 15 is 0 Å². The molecule has 0 bridgehead atoms. The van der Waals surface area contributed by atoms with Crippen LogP contribution in [0.1, 0.15) is 36.8 Å². The first-order chi connectivity index (χ1) is 6.33. The molecule has 0 aliphatic heterocycles. The van der Waals surface area contributed by atoms with Gasteiger partial charge in [-0.05, 0) is 24.0 Å². The summed E-state index contributed by atoms with van der Waals surface area (Å²) in [5.41, 5.74) is 2.64. The zero-order valence-electron chi connectivity index (χ0n) is 7.92. The van der Waals surface area contributed by atoms with Crippen molar-refractivity contribution in [3.8, 4) is 0 Å². The molecule has 0 spiro atoms. The molecule has 1 heteroatoms. The Hall–Kier alpha value is -1.11. The fraction of sp³-hybridized carbons (Fsp3) is 0.417. The van der Waals surface area contributed by atoms with Gasteiger partial charge >= 0.3 is 0 Å². The molecule has 1 aliphatic rings. The van der Waals surface area contributed by atoms with Crippen LogP contribution in [0, 0.1) is 0 Å². The van der Waals surface area contributed by atoms with Crippen LogP contribution in [-0.4, -0.2) is 5.78 Å². The highest BCUT2D eigenvalue weighted by molar-refractivity contribution is 5.86. The molecule has 13 heavy (non-hydrogen) atoms. The van der Waals surface area contributed by atoms with E-state index in [4.69, 9.17) is 0 Å². The van der Waals surface area contributed by atoms with E-state index in [1.165, 1.54) is 11.1 Å². The van der Waals surface area contributed by atoms with Gasteiger partial charge in [0.15, 0.2) is 0 Å². The molecule has 0 heterocycles. The number of Topliss-reactive ketones (excluding diaryl/α,β-unsaturated/α-hetero) is 1. The quantitative estimate of drug-likeness (QED) is 0.673. The average Bonchev–Trinajstić information content (AvgIpc) is 2.60. The van der Waals surface area contributed by atoms with Gasteiger partial charge in [0.2, 0.25) is 0 Å². The Morgan fingerprint density at radius 1 is 1.46 bits per heavy atom. The second-order valence-corrected chi connectivity index (χ2v) is 3.61. The second-order valence-electron chi connectivity index (χ2n) is 3.61. The fourth-order valence-electron chi connectivity index (χ4n) is 2.14. The third kappa shape index (κ3) is 1.39. The van der Waals surface area contributed by atoms with Gasteiger partial charge in [-0.3, -0.25) is 4.79 Å². The number of hydrogen-bond donors (Lipinski definition) is 0. The molecule has 0 unspecified atom stereocenters. The number of fused-ring (bicyclic) bond motifs is 1. The van der Waals surface area contributed by atoms with E-state index in [1.807, 2.05) is 13.0 Å². The summed E-state index contributed by atoms with van der Waals surface area (Å²) in [6.07, 6.45) is 2.76. The Balaban J connectivity index is 2.33. The van der Waals surface area contributed by atoms with Gasteiger partial charge in [-0.2, -0.15) is 0 Å². The summed E-state index contributed by atoms with van der Waals surface area (Å²) in [5, 5.41) is 0. The summed E-state index contributed by atoms with van der Waals surface area (Å²) in [5.74, 6) is 0.589. The molecule has 1 aliphatic carbocycles. The summed E-state index contributed by atoms with van der Waals surface area (Å²) in [4.78, 5) is 11.6. The lowest BCUT2D eigenvalue weighted by Crippen LogP contribution is -2.07. The summed E-state index contributed by atoms with van der Waals surface area (Å²) < 4.78 is 0. The van der Waals surface area contributed by atoms with Crippen LogP contribution in [-0.2, 0) is 11.2 Å². The number of hydrogen-bond acceptors (Lipinski definition) is 1. The smallest absolute Gasteiger partial charge is 0.140 e. The van der Waals surface area contributed by atoms with Crippen molar-refractivity contribution in [2.45, 2.75) is 32.1 Å². The van der Waals surface area contributed by atoms with Gasteiger partial charge in [0, 0.05) is 12.3 Å². The Bertz CT molecular complexity index is 328. The first-order valence-corrected chi connectivity index (χ1v) is 4.93. The number of benzene rings is 1. The van der Waals surface area contributed by atoms with Gasteiger partial charge in [-0.25, -0.2) is 0 Å². The van der Waals surface area contributed by atoms with E-state index in [1.54, 1.807) is 0 Å². The minimum atomic E-state index is 0.196. The number of ketones is 1. The Morgan fingerprint density at radius 3 is 3.00 bits per heavy atom. The minimum Gasteiger partial charge on any atom is -0.299 e. The molecule has 0 saturated carbocycles. The third-order valence-corrected chi connectivity index (χ3v) is 2.87. The maximum Gasteiger partial charge on any atom is 0.140 e. The van der Waals surface area contributed by atoms with Gasteiger partial charge in [0.05, 0.1) is 0 Å². The average molecular weight is 174 g/mol. The zero-order valence-corrected chi connectivity index (χ0v) is 7.92. The van der Waals surface area contributed by atoms with E-state index in [9.17, 15) is 4.79 Å². The molecule has 2 rings (SSSR count). The van der Waals surface area contributed by atoms with Crippen LogP contribution in [0.4, 0.5) is 0 Å². The molecule has 68 valence electrons. The van der Waals surface area contributed by atoms with E-state index in [-0.39, 0.29) is 5.92 Å². The van der Waals surface area contributed by atoms with E-state index < -0.39 is 0 Å². The van der Waals surface area contributed by atoms with Crippen molar-refractivity contribution in [1.29, 1.82) is 0 Å². The number of carbonyl (C=O) groups is 1. The van der Waals surface area contributed by atoms with Gasteiger partial charge in [0.1, 0.15) is 5.78 Å². The Labute approximate surface area is 78.8 Å². The molecule has 1 atom stereocenters. The highest BCUT2D eigenvalue weighted by Crippen LogP contribution is 2.33. The van der Waals surface area contributed by atoms with Gasteiger partial charge in [0.25, 0.3) is 0 Å². The lowest BCUT2D eigenvalue weighted by Gasteiger charge is -2.07. The predicted molar refractivity (Wildman–Crippen MR) is 52.8 cm³/mol. The van der Waals surface area contributed by atoms with Crippen LogP contribution in [0.15, 0.2) is 24.3 Å². The highest BCUT2D eigenvalue weighted by atomic mass is 16.1. The van der Waals surface area contributed by atoms with E-state index in [2.05, 4.69) is 18.2 Å². The fourth-order valence-corrected chi connectivity index (χ4v) is 2.14. The van der Waals surface area contributed by atoms with Crippen molar-refractivity contribution in [1.82, 2.24) is 0 Å². The summed E-state index contributed by atoms with van der Waals surface area (Å²) in [7, 11) is 0. The molecule has 0 saturated heterocycles. The number of carbonyl (C=O) groups excluding carboxylic acids is 1. The van der Waals surface area contributed by atoms with Crippen LogP contribution in [0.5, 0.6) is 0 Å². The van der Waals surface area contributed by atoms with Gasteiger partial charge < -0.3 is 0 Å². The van der Waals surface area contributed by atoms with Crippen molar-refractivity contribution >= 4 is 5.78 Å². The molecule has 0 aromatic heterocycles. The SMILES string of the molecule is CCC(=O)[C@H]1CCc2ccccc21. The molecule has 0 fully saturated rings. The van der Waals surface area contributed by atoms with Crippen LogP contribution >= 0.6 is 0 Å². The Morgan fingerprint density at radius 2 is 2.23 bits per heavy atom. The highest BCUT2D eigenvalue weighted by Gasteiger charge is 2.26. The third-order valence-electron chi connectivity index (χ3n) is 2.87. The predicted octanol–water partition coefficient (Wildman–Crippen LogP) is 2.70. The lowest BCUT2D eigenvalue weighted by atomic mass is 9.95. The van der Waals surface area contributed by atoms with Crippen molar-refractivity contribution in [3.05, 3.63) is 35.4 Å². The van der Waals surface area contributed by atoms with Crippen molar-refractivity contribution < 1.29 is 4.79 Å². The van der Waals surface area contributed by atoms with Gasteiger partial charge in [-0.15, -0.1) is 0 Å². The topological polar surface area (TPSA) is 17.1 Å². The van der Waals surface area contributed by atoms with Crippen molar-refractivity contribution in [2.24, 2.45) is 0 Å². The van der Waals surface area contributed by atoms with Gasteiger partial charge in [-0.1, -0.05) is 31.2 Å². The minimum absolute atomic E-state index is 0.196. The number of aryl methyl sites for hydroxylation is 1. The molecule has 0 N–H and O–H groups in total. The van der Waals surface area contributed by atoms with Crippen LogP contribution in [0.3, 0.4) is 0 Å². The van der Waals surface area contributed by atoms with E-state index in [0.29, 0.717) is 12.2 Å². The van der Waals surface area contributed by atoms with E-state index in [0.717, 1.165) is 12.8 Å². The second kappa shape index (κ2) is 3.33. The first kappa shape index (κ1) is 8.49.